The first-order chi connectivity index (χ1) is 8.11. The molecule has 0 spiro atoms. The molecular formula is C12H23NO4. The van der Waals surface area contributed by atoms with Crippen molar-refractivity contribution in [2.24, 2.45) is 0 Å². The lowest BCUT2D eigenvalue weighted by Gasteiger charge is -2.30. The summed E-state index contributed by atoms with van der Waals surface area (Å²) in [7, 11) is 1.67. The maximum atomic E-state index is 11.2. The van der Waals surface area contributed by atoms with Crippen LogP contribution < -0.4 is 0 Å². The number of carboxylic acid groups (broad SMARTS) is 1. The Labute approximate surface area is 103 Å². The van der Waals surface area contributed by atoms with Gasteiger partial charge in [-0.05, 0) is 32.7 Å². The van der Waals surface area contributed by atoms with Gasteiger partial charge in [0.1, 0.15) is 5.54 Å². The van der Waals surface area contributed by atoms with Crippen LogP contribution in [0.1, 0.15) is 26.2 Å². The predicted molar refractivity (Wildman–Crippen MR) is 64.2 cm³/mol. The van der Waals surface area contributed by atoms with Crippen molar-refractivity contribution < 1.29 is 19.4 Å². The molecule has 0 bridgehead atoms. The Morgan fingerprint density at radius 1 is 1.41 bits per heavy atom. The smallest absolute Gasteiger partial charge is 0.323 e. The molecule has 1 aliphatic rings. The summed E-state index contributed by atoms with van der Waals surface area (Å²) in [5, 5.41) is 9.22. The van der Waals surface area contributed by atoms with Gasteiger partial charge in [0.2, 0.25) is 0 Å². The van der Waals surface area contributed by atoms with E-state index >= 15 is 0 Å². The summed E-state index contributed by atoms with van der Waals surface area (Å²) in [5.41, 5.74) is -0.699. The molecule has 0 aliphatic carbocycles. The van der Waals surface area contributed by atoms with Gasteiger partial charge in [0.25, 0.3) is 0 Å². The van der Waals surface area contributed by atoms with Crippen molar-refractivity contribution in [1.82, 2.24) is 4.90 Å². The van der Waals surface area contributed by atoms with Crippen molar-refractivity contribution in [3.8, 4) is 0 Å². The molecule has 1 saturated heterocycles. The molecule has 0 saturated carbocycles. The monoisotopic (exact) mass is 245 g/mol. The van der Waals surface area contributed by atoms with E-state index in [1.54, 1.807) is 14.0 Å². The zero-order valence-electron chi connectivity index (χ0n) is 10.8. The standard InChI is InChI=1S/C12H23NO4/c1-12(11(14)15)5-3-6-13(12)7-10-17-9-4-8-16-2/h3-10H2,1-2H3,(H,14,15). The van der Waals surface area contributed by atoms with Crippen molar-refractivity contribution in [1.29, 1.82) is 0 Å². The highest BCUT2D eigenvalue weighted by Crippen LogP contribution is 2.28. The lowest BCUT2D eigenvalue weighted by molar-refractivity contribution is -0.148. The Bertz CT molecular complexity index is 247. The molecule has 0 radical (unpaired) electrons. The van der Waals surface area contributed by atoms with Crippen molar-refractivity contribution in [2.45, 2.75) is 31.7 Å². The maximum absolute atomic E-state index is 11.2. The molecule has 1 aliphatic heterocycles. The van der Waals surface area contributed by atoms with E-state index in [-0.39, 0.29) is 0 Å². The Kier molecular flexibility index (Phi) is 5.88. The summed E-state index contributed by atoms with van der Waals surface area (Å²) in [6.45, 7) is 5.31. The number of aliphatic carboxylic acids is 1. The van der Waals surface area contributed by atoms with Crippen LogP contribution in [0.3, 0.4) is 0 Å². The second-order valence-corrected chi connectivity index (χ2v) is 4.63. The summed E-state index contributed by atoms with van der Waals surface area (Å²) in [6.07, 6.45) is 2.56. The fourth-order valence-corrected chi connectivity index (χ4v) is 2.20. The molecule has 100 valence electrons. The molecule has 1 rings (SSSR count). The molecule has 0 aromatic carbocycles. The normalized spacial score (nSPS) is 25.3. The lowest BCUT2D eigenvalue weighted by atomic mass is 9.99. The lowest BCUT2D eigenvalue weighted by Crippen LogP contribution is -2.49. The summed E-state index contributed by atoms with van der Waals surface area (Å²) in [6, 6.07) is 0. The number of carbonyl (C=O) groups is 1. The molecule has 1 atom stereocenters. The molecule has 0 aromatic rings. The van der Waals surface area contributed by atoms with E-state index in [2.05, 4.69) is 0 Å². The summed E-state index contributed by atoms with van der Waals surface area (Å²) in [4.78, 5) is 13.2. The van der Waals surface area contributed by atoms with Crippen LogP contribution >= 0.6 is 0 Å². The Hall–Kier alpha value is -0.650. The van der Waals surface area contributed by atoms with E-state index in [1.165, 1.54) is 0 Å². The number of carboxylic acids is 1. The van der Waals surface area contributed by atoms with E-state index in [1.807, 2.05) is 4.90 Å². The molecule has 0 amide bonds. The van der Waals surface area contributed by atoms with Gasteiger partial charge in [-0.2, -0.15) is 0 Å². The van der Waals surface area contributed by atoms with Gasteiger partial charge in [-0.25, -0.2) is 0 Å². The van der Waals surface area contributed by atoms with Crippen LogP contribution in [0.25, 0.3) is 0 Å². The van der Waals surface area contributed by atoms with Gasteiger partial charge < -0.3 is 14.6 Å². The highest BCUT2D eigenvalue weighted by Gasteiger charge is 2.42. The number of hydrogen-bond donors (Lipinski definition) is 1. The van der Waals surface area contributed by atoms with E-state index in [0.29, 0.717) is 26.4 Å². The Morgan fingerprint density at radius 3 is 2.82 bits per heavy atom. The second-order valence-electron chi connectivity index (χ2n) is 4.63. The van der Waals surface area contributed by atoms with Crippen LogP contribution in [0.5, 0.6) is 0 Å². The van der Waals surface area contributed by atoms with Crippen molar-refractivity contribution >= 4 is 5.97 Å². The van der Waals surface area contributed by atoms with Crippen LogP contribution in [0, 0.1) is 0 Å². The topological polar surface area (TPSA) is 59.0 Å². The number of ether oxygens (including phenoxy) is 2. The van der Waals surface area contributed by atoms with Crippen molar-refractivity contribution in [3.05, 3.63) is 0 Å². The first-order valence-electron chi connectivity index (χ1n) is 6.16. The van der Waals surface area contributed by atoms with Crippen LogP contribution in [0.15, 0.2) is 0 Å². The van der Waals surface area contributed by atoms with Gasteiger partial charge in [-0.3, -0.25) is 9.69 Å². The van der Waals surface area contributed by atoms with Crippen molar-refractivity contribution in [2.75, 3.05) is 40.0 Å². The van der Waals surface area contributed by atoms with E-state index in [9.17, 15) is 9.90 Å². The second kappa shape index (κ2) is 6.93. The number of hydrogen-bond acceptors (Lipinski definition) is 4. The fourth-order valence-electron chi connectivity index (χ4n) is 2.20. The zero-order chi connectivity index (χ0) is 12.7. The Balaban J connectivity index is 2.20. The highest BCUT2D eigenvalue weighted by atomic mass is 16.5. The maximum Gasteiger partial charge on any atom is 0.323 e. The van der Waals surface area contributed by atoms with Gasteiger partial charge in [0, 0.05) is 26.9 Å². The van der Waals surface area contributed by atoms with Gasteiger partial charge >= 0.3 is 5.97 Å². The first kappa shape index (κ1) is 14.4. The molecule has 17 heavy (non-hydrogen) atoms. The van der Waals surface area contributed by atoms with Gasteiger partial charge in [0.05, 0.1) is 6.61 Å². The molecule has 5 nitrogen and oxygen atoms in total. The van der Waals surface area contributed by atoms with E-state index in [0.717, 1.165) is 25.8 Å². The minimum Gasteiger partial charge on any atom is -0.480 e. The summed E-state index contributed by atoms with van der Waals surface area (Å²) < 4.78 is 10.4. The van der Waals surface area contributed by atoms with Crippen LogP contribution in [-0.2, 0) is 14.3 Å². The number of nitrogens with zero attached hydrogens (tertiary/aromatic N) is 1. The molecule has 1 heterocycles. The van der Waals surface area contributed by atoms with Gasteiger partial charge in [-0.1, -0.05) is 0 Å². The molecule has 1 unspecified atom stereocenters. The molecule has 1 N–H and O–H groups in total. The summed E-state index contributed by atoms with van der Waals surface area (Å²) in [5.74, 6) is -0.727. The first-order valence-corrected chi connectivity index (χ1v) is 6.16. The predicted octanol–water partition coefficient (Wildman–Crippen LogP) is 0.979. The van der Waals surface area contributed by atoms with Crippen LogP contribution in [0.4, 0.5) is 0 Å². The SMILES string of the molecule is COCCCOCCN1CCCC1(C)C(=O)O. The summed E-state index contributed by atoms with van der Waals surface area (Å²) >= 11 is 0. The number of rotatable bonds is 8. The van der Waals surface area contributed by atoms with E-state index in [4.69, 9.17) is 9.47 Å². The average molecular weight is 245 g/mol. The zero-order valence-corrected chi connectivity index (χ0v) is 10.8. The van der Waals surface area contributed by atoms with Crippen LogP contribution in [-0.4, -0.2) is 61.5 Å². The molecule has 5 heteroatoms. The minimum absolute atomic E-state index is 0.590. The van der Waals surface area contributed by atoms with E-state index < -0.39 is 11.5 Å². The number of likely N-dealkylation sites (tertiary alicyclic amines) is 1. The molecule has 1 fully saturated rings. The largest absolute Gasteiger partial charge is 0.480 e. The highest BCUT2D eigenvalue weighted by molar-refractivity contribution is 5.78. The fraction of sp³-hybridized carbons (Fsp3) is 0.917. The average Bonchev–Trinajstić information content (AvgIpc) is 2.67. The third-order valence-electron chi connectivity index (χ3n) is 3.39. The number of methoxy groups -OCH3 is 1. The Morgan fingerprint density at radius 2 is 2.18 bits per heavy atom. The van der Waals surface area contributed by atoms with Gasteiger partial charge in [-0.15, -0.1) is 0 Å². The van der Waals surface area contributed by atoms with Crippen molar-refractivity contribution in [3.63, 3.8) is 0 Å². The molecular weight excluding hydrogens is 222 g/mol. The quantitative estimate of drug-likeness (QED) is 0.646. The minimum atomic E-state index is -0.727. The molecule has 0 aromatic heterocycles. The van der Waals surface area contributed by atoms with Crippen LogP contribution in [0.2, 0.25) is 0 Å². The third-order valence-corrected chi connectivity index (χ3v) is 3.39. The van der Waals surface area contributed by atoms with Gasteiger partial charge in [0.15, 0.2) is 0 Å². The third kappa shape index (κ3) is 3.94.